The highest BCUT2D eigenvalue weighted by atomic mass is 15.2. The first kappa shape index (κ1) is 23.9. The number of hydrogen-bond acceptors (Lipinski definition) is 6. The van der Waals surface area contributed by atoms with Crippen molar-refractivity contribution in [2.24, 2.45) is 0 Å². The molecule has 2 aromatic heterocycles. The van der Waals surface area contributed by atoms with E-state index in [9.17, 15) is 0 Å². The van der Waals surface area contributed by atoms with Crippen molar-refractivity contribution in [3.05, 3.63) is 90.3 Å². The van der Waals surface area contributed by atoms with E-state index in [-0.39, 0.29) is 0 Å². The number of likely N-dealkylation sites (N-methyl/N-ethyl adjacent to an activating group) is 1. The molecule has 0 amide bonds. The van der Waals surface area contributed by atoms with Crippen LogP contribution in [0.2, 0.25) is 0 Å². The molecule has 0 unspecified atom stereocenters. The number of nitrogens with one attached hydrogen (secondary N) is 2. The fourth-order valence-electron chi connectivity index (χ4n) is 4.86. The summed E-state index contributed by atoms with van der Waals surface area (Å²) in [5.74, 6) is 0.601. The Morgan fingerprint density at radius 2 is 1.53 bits per heavy atom. The van der Waals surface area contributed by atoms with E-state index in [1.165, 1.54) is 16.8 Å². The maximum atomic E-state index is 4.53. The number of rotatable bonds is 6. The number of anilines is 2. The van der Waals surface area contributed by atoms with Crippen LogP contribution >= 0.6 is 0 Å². The number of fused-ring (bicyclic) bond motifs is 1. The van der Waals surface area contributed by atoms with Crippen LogP contribution in [-0.4, -0.2) is 65.3 Å². The highest BCUT2D eigenvalue weighted by Crippen LogP contribution is 2.27. The molecule has 1 saturated heterocycles. The molecule has 1 aliphatic rings. The van der Waals surface area contributed by atoms with Gasteiger partial charge in [0.15, 0.2) is 0 Å². The van der Waals surface area contributed by atoms with Gasteiger partial charge >= 0.3 is 0 Å². The summed E-state index contributed by atoms with van der Waals surface area (Å²) in [6, 6.07) is 25.7. The summed E-state index contributed by atoms with van der Waals surface area (Å²) in [7, 11) is 4.00. The Morgan fingerprint density at radius 3 is 2.26 bits per heavy atom. The van der Waals surface area contributed by atoms with Crippen LogP contribution < -0.4 is 10.2 Å². The predicted octanol–water partition coefficient (Wildman–Crippen LogP) is 5.65. The van der Waals surface area contributed by atoms with E-state index in [0.29, 0.717) is 5.95 Å². The fraction of sp³-hybridized carbons (Fsp3) is 0.194. The standard InChI is InChI=1S/C31H31N7/c1-32-31-33-16-15-28(34-31)25-10-13-27-29(35-36-30(27)21-25)14-5-22-3-6-23(7-4-22)24-8-11-26(12-9-24)38-19-17-37(2)18-20-38/h3-16,21H,17-20H2,1-2H3,(H,35,36)(H,32,33,34)/b14-5+. The van der Waals surface area contributed by atoms with E-state index in [0.717, 1.165) is 59.6 Å². The summed E-state index contributed by atoms with van der Waals surface area (Å²) in [5, 5.41) is 11.7. The van der Waals surface area contributed by atoms with Crippen LogP contribution in [0.25, 0.3) is 45.4 Å². The summed E-state index contributed by atoms with van der Waals surface area (Å²) >= 11 is 0. The minimum absolute atomic E-state index is 0.601. The molecule has 5 aromatic rings. The molecule has 3 heterocycles. The SMILES string of the molecule is CNc1nccc(-c2ccc3c(/C=C/c4ccc(-c5ccc(N6CCN(C)CC6)cc5)cc4)n[nH]c3c2)n1. The molecule has 0 saturated carbocycles. The smallest absolute Gasteiger partial charge is 0.222 e. The number of benzene rings is 3. The molecule has 0 bridgehead atoms. The van der Waals surface area contributed by atoms with Crippen molar-refractivity contribution in [2.45, 2.75) is 0 Å². The van der Waals surface area contributed by atoms with E-state index in [4.69, 9.17) is 0 Å². The van der Waals surface area contributed by atoms with Gasteiger partial charge in [0.1, 0.15) is 0 Å². The number of nitrogens with zero attached hydrogens (tertiary/aromatic N) is 5. The molecule has 1 fully saturated rings. The van der Waals surface area contributed by atoms with E-state index >= 15 is 0 Å². The van der Waals surface area contributed by atoms with Crippen LogP contribution in [0.3, 0.4) is 0 Å². The second-order valence-electron chi connectivity index (χ2n) is 9.68. The maximum absolute atomic E-state index is 4.53. The fourth-order valence-corrected chi connectivity index (χ4v) is 4.86. The lowest BCUT2D eigenvalue weighted by atomic mass is 10.0. The van der Waals surface area contributed by atoms with Gasteiger partial charge in [-0.3, -0.25) is 5.10 Å². The van der Waals surface area contributed by atoms with Gasteiger partial charge in [-0.15, -0.1) is 0 Å². The third-order valence-electron chi connectivity index (χ3n) is 7.18. The third-order valence-corrected chi connectivity index (χ3v) is 7.18. The Kier molecular flexibility index (Phi) is 6.58. The second kappa shape index (κ2) is 10.5. The van der Waals surface area contributed by atoms with Gasteiger partial charge in [0.25, 0.3) is 0 Å². The Labute approximate surface area is 222 Å². The van der Waals surface area contributed by atoms with Crippen molar-refractivity contribution in [3.8, 4) is 22.4 Å². The quantitative estimate of drug-likeness (QED) is 0.313. The lowest BCUT2D eigenvalue weighted by Crippen LogP contribution is -2.44. The molecule has 6 rings (SSSR count). The van der Waals surface area contributed by atoms with Crippen molar-refractivity contribution >= 4 is 34.7 Å². The number of aromatic nitrogens is 4. The molecular weight excluding hydrogens is 470 g/mol. The maximum Gasteiger partial charge on any atom is 0.222 e. The first-order valence-corrected chi connectivity index (χ1v) is 13.0. The number of piperazine rings is 1. The molecule has 38 heavy (non-hydrogen) atoms. The summed E-state index contributed by atoms with van der Waals surface area (Å²) < 4.78 is 0. The lowest BCUT2D eigenvalue weighted by Gasteiger charge is -2.34. The topological polar surface area (TPSA) is 73.0 Å². The average molecular weight is 502 g/mol. The van der Waals surface area contributed by atoms with Crippen molar-refractivity contribution in [1.82, 2.24) is 25.1 Å². The first-order valence-electron chi connectivity index (χ1n) is 13.0. The first-order chi connectivity index (χ1) is 18.7. The van der Waals surface area contributed by atoms with E-state index < -0.39 is 0 Å². The zero-order valence-electron chi connectivity index (χ0n) is 21.7. The molecule has 1 aliphatic heterocycles. The summed E-state index contributed by atoms with van der Waals surface area (Å²) in [4.78, 5) is 13.6. The molecule has 0 atom stereocenters. The Morgan fingerprint density at radius 1 is 0.816 bits per heavy atom. The Balaban J connectivity index is 1.15. The summed E-state index contributed by atoms with van der Waals surface area (Å²) in [6.45, 7) is 4.41. The number of hydrogen-bond donors (Lipinski definition) is 2. The molecule has 7 nitrogen and oxygen atoms in total. The largest absolute Gasteiger partial charge is 0.369 e. The molecular formula is C31H31N7. The van der Waals surface area contributed by atoms with Crippen LogP contribution in [0.1, 0.15) is 11.3 Å². The molecule has 3 aromatic carbocycles. The molecule has 2 N–H and O–H groups in total. The van der Waals surface area contributed by atoms with E-state index in [1.54, 1.807) is 6.20 Å². The highest BCUT2D eigenvalue weighted by molar-refractivity contribution is 5.91. The number of aromatic amines is 1. The molecule has 0 radical (unpaired) electrons. The van der Waals surface area contributed by atoms with Gasteiger partial charge in [-0.05, 0) is 60.1 Å². The van der Waals surface area contributed by atoms with Crippen LogP contribution in [0.15, 0.2) is 79.0 Å². The van der Waals surface area contributed by atoms with Gasteiger partial charge in [-0.2, -0.15) is 5.10 Å². The van der Waals surface area contributed by atoms with Gasteiger partial charge in [0.05, 0.1) is 16.9 Å². The second-order valence-corrected chi connectivity index (χ2v) is 9.68. The van der Waals surface area contributed by atoms with Crippen LogP contribution in [0.5, 0.6) is 0 Å². The highest BCUT2D eigenvalue weighted by Gasteiger charge is 2.14. The van der Waals surface area contributed by atoms with Gasteiger partial charge in [0, 0.05) is 56.1 Å². The summed E-state index contributed by atoms with van der Waals surface area (Å²) in [6.07, 6.45) is 5.92. The molecule has 0 spiro atoms. The monoisotopic (exact) mass is 501 g/mol. The van der Waals surface area contributed by atoms with Gasteiger partial charge < -0.3 is 15.1 Å². The van der Waals surface area contributed by atoms with Crippen molar-refractivity contribution in [3.63, 3.8) is 0 Å². The minimum Gasteiger partial charge on any atom is -0.369 e. The normalized spacial score (nSPS) is 14.4. The molecule has 0 aliphatic carbocycles. The van der Waals surface area contributed by atoms with Crippen molar-refractivity contribution in [2.75, 3.05) is 50.5 Å². The zero-order chi connectivity index (χ0) is 25.9. The van der Waals surface area contributed by atoms with Crippen LogP contribution in [-0.2, 0) is 0 Å². The van der Waals surface area contributed by atoms with Crippen LogP contribution in [0, 0.1) is 0 Å². The van der Waals surface area contributed by atoms with Gasteiger partial charge in [0.2, 0.25) is 5.95 Å². The predicted molar refractivity (Wildman–Crippen MR) is 157 cm³/mol. The molecule has 7 heteroatoms. The Bertz CT molecular complexity index is 1560. The minimum atomic E-state index is 0.601. The van der Waals surface area contributed by atoms with Gasteiger partial charge in [-0.1, -0.05) is 48.5 Å². The third kappa shape index (κ3) is 5.01. The van der Waals surface area contributed by atoms with Gasteiger partial charge in [-0.25, -0.2) is 9.97 Å². The van der Waals surface area contributed by atoms with Crippen LogP contribution in [0.4, 0.5) is 11.6 Å². The van der Waals surface area contributed by atoms with E-state index in [1.807, 2.05) is 13.1 Å². The molecule has 190 valence electrons. The van der Waals surface area contributed by atoms with Crippen molar-refractivity contribution in [1.29, 1.82) is 0 Å². The van der Waals surface area contributed by atoms with Crippen molar-refractivity contribution < 1.29 is 0 Å². The van der Waals surface area contributed by atoms with E-state index in [2.05, 4.69) is 121 Å². The summed E-state index contributed by atoms with van der Waals surface area (Å²) in [5.41, 5.74) is 8.66. The lowest BCUT2D eigenvalue weighted by molar-refractivity contribution is 0.313. The number of H-pyrrole nitrogens is 1. The zero-order valence-corrected chi connectivity index (χ0v) is 21.7. The average Bonchev–Trinajstić information content (AvgIpc) is 3.39. The Hall–Kier alpha value is -4.49.